The third kappa shape index (κ3) is 3.94. The molecule has 0 aliphatic carbocycles. The van der Waals surface area contributed by atoms with E-state index in [2.05, 4.69) is 43.4 Å². The lowest BCUT2D eigenvalue weighted by molar-refractivity contribution is 0.352. The summed E-state index contributed by atoms with van der Waals surface area (Å²) >= 11 is 0. The van der Waals surface area contributed by atoms with Gasteiger partial charge in [0.2, 0.25) is 0 Å². The predicted molar refractivity (Wildman–Crippen MR) is 111 cm³/mol. The van der Waals surface area contributed by atoms with E-state index in [4.69, 9.17) is 0 Å². The molecular weight excluding hydrogens is 352 g/mol. The van der Waals surface area contributed by atoms with E-state index in [0.29, 0.717) is 11.3 Å². The van der Waals surface area contributed by atoms with Gasteiger partial charge in [0.05, 0.1) is 17.6 Å². The Morgan fingerprint density at radius 2 is 2.00 bits per heavy atom. The number of amidine groups is 1. The molecule has 4 rings (SSSR count). The maximum absolute atomic E-state index is 10.6. The molecule has 1 saturated heterocycles. The number of aromatic hydroxyl groups is 1. The Bertz CT molecular complexity index is 929. The summed E-state index contributed by atoms with van der Waals surface area (Å²) in [6.07, 6.45) is 8.71. The fourth-order valence-corrected chi connectivity index (χ4v) is 3.44. The number of benzene rings is 1. The lowest BCUT2D eigenvalue weighted by Crippen LogP contribution is -2.46. The third-order valence-corrected chi connectivity index (χ3v) is 5.07. The molecule has 0 atom stereocenters. The Morgan fingerprint density at radius 1 is 1.14 bits per heavy atom. The lowest BCUT2D eigenvalue weighted by Gasteiger charge is -2.29. The number of aromatic nitrogens is 2. The molecule has 3 heterocycles. The summed E-state index contributed by atoms with van der Waals surface area (Å²) in [6.45, 7) is 5.95. The lowest BCUT2D eigenvalue weighted by atomic mass is 10.0. The van der Waals surface area contributed by atoms with E-state index in [1.807, 2.05) is 12.1 Å². The van der Waals surface area contributed by atoms with Crippen LogP contribution in [0.5, 0.6) is 5.75 Å². The second-order valence-corrected chi connectivity index (χ2v) is 6.89. The maximum atomic E-state index is 10.6. The van der Waals surface area contributed by atoms with E-state index in [9.17, 15) is 5.11 Å². The monoisotopic (exact) mass is 376 g/mol. The number of allylic oxidation sites excluding steroid dienone is 1. The molecule has 0 unspecified atom stereocenters. The van der Waals surface area contributed by atoms with Crippen LogP contribution in [0.2, 0.25) is 0 Å². The average molecular weight is 376 g/mol. The van der Waals surface area contributed by atoms with Crippen LogP contribution in [0.3, 0.4) is 0 Å². The van der Waals surface area contributed by atoms with E-state index < -0.39 is 0 Å². The number of piperazine rings is 1. The minimum atomic E-state index is 0.162. The maximum Gasteiger partial charge on any atom is 0.131 e. The molecule has 0 spiro atoms. The van der Waals surface area contributed by atoms with Gasteiger partial charge in [-0.1, -0.05) is 18.6 Å². The number of nitrogens with one attached hydrogen (secondary N) is 1. The highest BCUT2D eigenvalue weighted by molar-refractivity contribution is 6.12. The van der Waals surface area contributed by atoms with Crippen LogP contribution in [0, 0.1) is 0 Å². The van der Waals surface area contributed by atoms with Crippen molar-refractivity contribution in [3.05, 3.63) is 54.0 Å². The van der Waals surface area contributed by atoms with Gasteiger partial charge in [0.1, 0.15) is 11.6 Å². The quantitative estimate of drug-likeness (QED) is 0.860. The molecular formula is C21H24N6O. The van der Waals surface area contributed by atoms with E-state index in [0.717, 1.165) is 56.1 Å². The fourth-order valence-electron chi connectivity index (χ4n) is 3.44. The van der Waals surface area contributed by atoms with Crippen LogP contribution in [0.1, 0.15) is 25.3 Å². The molecule has 0 bridgehead atoms. The molecule has 1 aromatic carbocycles. The van der Waals surface area contributed by atoms with Gasteiger partial charge in [0, 0.05) is 56.1 Å². The summed E-state index contributed by atoms with van der Waals surface area (Å²) in [5.74, 6) is 1.16. The molecule has 2 aliphatic rings. The van der Waals surface area contributed by atoms with Crippen molar-refractivity contribution in [1.29, 1.82) is 0 Å². The van der Waals surface area contributed by atoms with E-state index in [1.54, 1.807) is 24.7 Å². The number of phenols is 1. The van der Waals surface area contributed by atoms with Gasteiger partial charge in [-0.2, -0.15) is 0 Å². The van der Waals surface area contributed by atoms with E-state index >= 15 is 0 Å². The van der Waals surface area contributed by atoms with Crippen molar-refractivity contribution < 1.29 is 5.11 Å². The molecule has 1 aromatic heterocycles. The Hall–Kier alpha value is -3.06. The second kappa shape index (κ2) is 8.31. The Kier molecular flexibility index (Phi) is 5.43. The first kappa shape index (κ1) is 18.3. The average Bonchev–Trinajstić information content (AvgIpc) is 2.98. The van der Waals surface area contributed by atoms with Gasteiger partial charge < -0.3 is 15.3 Å². The number of nitrogens with zero attached hydrogens (tertiary/aromatic N) is 5. The summed E-state index contributed by atoms with van der Waals surface area (Å²) in [5, 5.41) is 23.0. The molecule has 7 heteroatoms. The van der Waals surface area contributed by atoms with Crippen LogP contribution >= 0.6 is 0 Å². The van der Waals surface area contributed by atoms with Crippen LogP contribution in [0.25, 0.3) is 11.3 Å². The van der Waals surface area contributed by atoms with Gasteiger partial charge in [-0.3, -0.25) is 9.97 Å². The summed E-state index contributed by atoms with van der Waals surface area (Å²) in [6, 6.07) is 5.49. The zero-order valence-electron chi connectivity index (χ0n) is 16.0. The number of phenolic OH excluding ortho intramolecular Hbond substituents is 1. The normalized spacial score (nSPS) is 17.5. The van der Waals surface area contributed by atoms with Gasteiger partial charge in [-0.15, -0.1) is 10.2 Å². The number of hydrogen-bond donors (Lipinski definition) is 2. The standard InChI is InChI=1S/C21H24N6O/c1-2-15-11-18(25-26-21(12-15)27-9-7-22-8-10-27)17-4-3-16(13-20(17)28)19-14-23-5-6-24-19/h3-6,11,13-14,22,28H,2,7-10,12H2,1H3. The van der Waals surface area contributed by atoms with Crippen LogP contribution in [-0.4, -0.2) is 57.7 Å². The first-order valence-electron chi connectivity index (χ1n) is 9.64. The highest BCUT2D eigenvalue weighted by atomic mass is 16.3. The van der Waals surface area contributed by atoms with Crippen LogP contribution in [0.15, 0.2) is 58.6 Å². The predicted octanol–water partition coefficient (Wildman–Crippen LogP) is 2.60. The second-order valence-electron chi connectivity index (χ2n) is 6.89. The Morgan fingerprint density at radius 3 is 2.71 bits per heavy atom. The van der Waals surface area contributed by atoms with E-state index in [-0.39, 0.29) is 5.75 Å². The van der Waals surface area contributed by atoms with E-state index in [1.165, 1.54) is 5.57 Å². The summed E-state index contributed by atoms with van der Waals surface area (Å²) in [5.41, 5.74) is 4.14. The summed E-state index contributed by atoms with van der Waals surface area (Å²) in [7, 11) is 0. The summed E-state index contributed by atoms with van der Waals surface area (Å²) in [4.78, 5) is 10.7. The highest BCUT2D eigenvalue weighted by Gasteiger charge is 2.19. The van der Waals surface area contributed by atoms with Crippen molar-refractivity contribution in [3.8, 4) is 17.0 Å². The molecule has 1 fully saturated rings. The van der Waals surface area contributed by atoms with Crippen LogP contribution in [0.4, 0.5) is 0 Å². The SMILES string of the molecule is CCC1=CC(c2ccc(-c3cnccn3)cc2O)=NN=C(N2CCNCC2)C1. The van der Waals surface area contributed by atoms with Crippen LogP contribution in [-0.2, 0) is 0 Å². The number of hydrogen-bond acceptors (Lipinski definition) is 7. The third-order valence-electron chi connectivity index (χ3n) is 5.07. The molecule has 0 amide bonds. The summed E-state index contributed by atoms with van der Waals surface area (Å²) < 4.78 is 0. The van der Waals surface area contributed by atoms with Gasteiger partial charge in [-0.05, 0) is 24.6 Å². The number of rotatable bonds is 3. The van der Waals surface area contributed by atoms with Crippen molar-refractivity contribution in [2.45, 2.75) is 19.8 Å². The molecule has 0 saturated carbocycles. The molecule has 0 radical (unpaired) electrons. The molecule has 144 valence electrons. The van der Waals surface area contributed by atoms with Crippen molar-refractivity contribution >= 4 is 11.5 Å². The minimum Gasteiger partial charge on any atom is -0.507 e. The topological polar surface area (TPSA) is 86.0 Å². The first-order valence-corrected chi connectivity index (χ1v) is 9.64. The largest absolute Gasteiger partial charge is 0.507 e. The smallest absolute Gasteiger partial charge is 0.131 e. The van der Waals surface area contributed by atoms with Crippen molar-refractivity contribution in [2.75, 3.05) is 26.2 Å². The first-order chi connectivity index (χ1) is 13.7. The zero-order chi connectivity index (χ0) is 19.3. The Labute approximate surface area is 164 Å². The van der Waals surface area contributed by atoms with Crippen molar-refractivity contribution in [3.63, 3.8) is 0 Å². The zero-order valence-corrected chi connectivity index (χ0v) is 16.0. The van der Waals surface area contributed by atoms with Crippen molar-refractivity contribution in [2.24, 2.45) is 10.2 Å². The van der Waals surface area contributed by atoms with Crippen LogP contribution < -0.4 is 5.32 Å². The molecule has 28 heavy (non-hydrogen) atoms. The fraction of sp³-hybridized carbons (Fsp3) is 0.333. The van der Waals surface area contributed by atoms with Gasteiger partial charge >= 0.3 is 0 Å². The minimum absolute atomic E-state index is 0.162. The van der Waals surface area contributed by atoms with Gasteiger partial charge in [0.25, 0.3) is 0 Å². The van der Waals surface area contributed by atoms with Crippen molar-refractivity contribution in [1.82, 2.24) is 20.2 Å². The molecule has 2 aliphatic heterocycles. The highest BCUT2D eigenvalue weighted by Crippen LogP contribution is 2.27. The van der Waals surface area contributed by atoms with Gasteiger partial charge in [-0.25, -0.2) is 0 Å². The Balaban J connectivity index is 1.66. The van der Waals surface area contributed by atoms with Gasteiger partial charge in [0.15, 0.2) is 0 Å². The molecule has 7 nitrogen and oxygen atoms in total. The molecule has 2 aromatic rings. The molecule has 2 N–H and O–H groups in total.